The minimum atomic E-state index is 0.550. The molecule has 2 aromatic heterocycles. The third-order valence-corrected chi connectivity index (χ3v) is 5.65. The summed E-state index contributed by atoms with van der Waals surface area (Å²) in [6, 6.07) is 12.0. The number of methoxy groups -OCH3 is 3. The SMILES string of the molecule is CCCc1nn(C)c2c(Nc3cccc(C)c3)nc(/C=C/c3cc(OC)c(OC)c(OC)c3)nc12. The molecule has 4 rings (SSSR count). The standard InChI is InChI=1S/C27H31N5O3/c1-7-9-20-24-25(32(3)31-20)27(28-19-11-8-10-17(2)14-19)30-23(29-24)13-12-18-15-21(33-4)26(35-6)22(16-18)34-5/h8,10-16H,7,9H2,1-6H3,(H,28,29,30)/b13-12+. The largest absolute Gasteiger partial charge is 0.493 e. The molecule has 1 N–H and O–H groups in total. The molecule has 0 saturated heterocycles. The van der Waals surface area contributed by atoms with Gasteiger partial charge in [-0.3, -0.25) is 4.68 Å². The number of rotatable bonds is 9. The Kier molecular flexibility index (Phi) is 7.19. The monoisotopic (exact) mass is 473 g/mol. The fourth-order valence-electron chi connectivity index (χ4n) is 4.05. The quantitative estimate of drug-likeness (QED) is 0.340. The Morgan fingerprint density at radius 2 is 1.71 bits per heavy atom. The van der Waals surface area contributed by atoms with Crippen LogP contribution >= 0.6 is 0 Å². The minimum absolute atomic E-state index is 0.550. The minimum Gasteiger partial charge on any atom is -0.493 e. The maximum absolute atomic E-state index is 5.48. The van der Waals surface area contributed by atoms with Crippen LogP contribution in [0.25, 0.3) is 23.2 Å². The second-order valence-corrected chi connectivity index (χ2v) is 8.23. The molecule has 2 heterocycles. The van der Waals surface area contributed by atoms with Gasteiger partial charge in [0.05, 0.1) is 27.0 Å². The van der Waals surface area contributed by atoms with Crippen molar-refractivity contribution in [1.29, 1.82) is 0 Å². The molecule has 0 fully saturated rings. The highest BCUT2D eigenvalue weighted by Gasteiger charge is 2.17. The molecule has 8 nitrogen and oxygen atoms in total. The van der Waals surface area contributed by atoms with E-state index >= 15 is 0 Å². The van der Waals surface area contributed by atoms with E-state index in [9.17, 15) is 0 Å². The van der Waals surface area contributed by atoms with Crippen molar-refractivity contribution in [3.63, 3.8) is 0 Å². The molecule has 182 valence electrons. The van der Waals surface area contributed by atoms with Gasteiger partial charge in [-0.1, -0.05) is 31.6 Å². The third kappa shape index (κ3) is 5.06. The summed E-state index contributed by atoms with van der Waals surface area (Å²) in [5, 5.41) is 8.20. The molecular weight excluding hydrogens is 442 g/mol. The van der Waals surface area contributed by atoms with E-state index in [2.05, 4.69) is 31.3 Å². The van der Waals surface area contributed by atoms with Crippen LogP contribution in [-0.4, -0.2) is 41.1 Å². The van der Waals surface area contributed by atoms with Crippen LogP contribution in [0.4, 0.5) is 11.5 Å². The number of anilines is 2. The molecule has 0 spiro atoms. The van der Waals surface area contributed by atoms with Gasteiger partial charge in [0.1, 0.15) is 11.0 Å². The smallest absolute Gasteiger partial charge is 0.203 e. The molecule has 8 heteroatoms. The van der Waals surface area contributed by atoms with Crippen molar-refractivity contribution in [2.45, 2.75) is 26.7 Å². The Morgan fingerprint density at radius 3 is 2.34 bits per heavy atom. The van der Waals surface area contributed by atoms with Gasteiger partial charge >= 0.3 is 0 Å². The molecule has 2 aromatic carbocycles. The molecule has 0 aliphatic rings. The molecule has 0 amide bonds. The fraction of sp³-hybridized carbons (Fsp3) is 0.296. The Hall–Kier alpha value is -4.07. The van der Waals surface area contributed by atoms with Gasteiger partial charge in [0.15, 0.2) is 23.1 Å². The molecular formula is C27H31N5O3. The second kappa shape index (κ2) is 10.5. The number of benzene rings is 2. The van der Waals surface area contributed by atoms with Gasteiger partial charge in [-0.2, -0.15) is 5.10 Å². The topological polar surface area (TPSA) is 83.3 Å². The maximum Gasteiger partial charge on any atom is 0.203 e. The first-order valence-electron chi connectivity index (χ1n) is 11.5. The number of aromatic nitrogens is 4. The molecule has 0 radical (unpaired) electrons. The van der Waals surface area contributed by atoms with Gasteiger partial charge in [-0.15, -0.1) is 0 Å². The van der Waals surface area contributed by atoms with E-state index in [0.717, 1.165) is 40.8 Å². The summed E-state index contributed by atoms with van der Waals surface area (Å²) in [6.45, 7) is 4.20. The molecule has 4 aromatic rings. The zero-order chi connectivity index (χ0) is 24.9. The van der Waals surface area contributed by atoms with Crippen LogP contribution in [0.3, 0.4) is 0 Å². The van der Waals surface area contributed by atoms with Gasteiger partial charge in [0, 0.05) is 12.7 Å². The number of fused-ring (bicyclic) bond motifs is 1. The third-order valence-electron chi connectivity index (χ3n) is 5.65. The summed E-state index contributed by atoms with van der Waals surface area (Å²) in [5.41, 5.74) is 5.68. The maximum atomic E-state index is 5.48. The Morgan fingerprint density at radius 1 is 0.971 bits per heavy atom. The van der Waals surface area contributed by atoms with Gasteiger partial charge in [-0.25, -0.2) is 9.97 Å². The number of nitrogens with one attached hydrogen (secondary N) is 1. The summed E-state index contributed by atoms with van der Waals surface area (Å²) >= 11 is 0. The van der Waals surface area contributed by atoms with Gasteiger partial charge in [0.25, 0.3) is 0 Å². The second-order valence-electron chi connectivity index (χ2n) is 8.23. The Labute approximate surface area is 205 Å². The lowest BCUT2D eigenvalue weighted by atomic mass is 10.1. The lowest BCUT2D eigenvalue weighted by Gasteiger charge is -2.13. The highest BCUT2D eigenvalue weighted by molar-refractivity contribution is 5.90. The van der Waals surface area contributed by atoms with E-state index in [0.29, 0.717) is 28.9 Å². The van der Waals surface area contributed by atoms with E-state index in [-0.39, 0.29) is 0 Å². The van der Waals surface area contributed by atoms with Crippen molar-refractivity contribution < 1.29 is 14.2 Å². The fourth-order valence-corrected chi connectivity index (χ4v) is 4.05. The van der Waals surface area contributed by atoms with Crippen molar-refractivity contribution in [1.82, 2.24) is 19.7 Å². The average molecular weight is 474 g/mol. The number of hydrogen-bond donors (Lipinski definition) is 1. The predicted molar refractivity (Wildman–Crippen MR) is 140 cm³/mol. The van der Waals surface area contributed by atoms with Crippen LogP contribution < -0.4 is 19.5 Å². The van der Waals surface area contributed by atoms with Crippen molar-refractivity contribution in [3.05, 3.63) is 59.0 Å². The molecule has 0 unspecified atom stereocenters. The van der Waals surface area contributed by atoms with Crippen LogP contribution in [0.1, 0.15) is 36.0 Å². The summed E-state index contributed by atoms with van der Waals surface area (Å²) in [7, 11) is 6.71. The van der Waals surface area contributed by atoms with Gasteiger partial charge in [0.2, 0.25) is 5.75 Å². The summed E-state index contributed by atoms with van der Waals surface area (Å²) < 4.78 is 18.2. The average Bonchev–Trinajstić information content (AvgIpc) is 3.17. The van der Waals surface area contributed by atoms with Crippen LogP contribution in [0.2, 0.25) is 0 Å². The van der Waals surface area contributed by atoms with Crippen molar-refractivity contribution in [3.8, 4) is 17.2 Å². The first-order chi connectivity index (χ1) is 17.0. The first kappa shape index (κ1) is 24.1. The molecule has 0 aliphatic carbocycles. The molecule has 0 atom stereocenters. The summed E-state index contributed by atoms with van der Waals surface area (Å²) in [4.78, 5) is 9.70. The number of ether oxygens (including phenoxy) is 3. The van der Waals surface area contributed by atoms with Crippen molar-refractivity contribution >= 4 is 34.7 Å². The normalized spacial score (nSPS) is 11.3. The van der Waals surface area contributed by atoms with E-state index in [4.69, 9.17) is 29.3 Å². The number of aryl methyl sites for hydroxylation is 3. The molecule has 0 saturated carbocycles. The highest BCUT2D eigenvalue weighted by atomic mass is 16.5. The van der Waals surface area contributed by atoms with E-state index in [1.54, 1.807) is 21.3 Å². The summed E-state index contributed by atoms with van der Waals surface area (Å²) in [5.74, 6) is 3.01. The number of hydrogen-bond acceptors (Lipinski definition) is 7. The highest BCUT2D eigenvalue weighted by Crippen LogP contribution is 2.38. The van der Waals surface area contributed by atoms with Crippen molar-refractivity contribution in [2.75, 3.05) is 26.6 Å². The van der Waals surface area contributed by atoms with E-state index < -0.39 is 0 Å². The number of nitrogens with zero attached hydrogens (tertiary/aromatic N) is 4. The Balaban J connectivity index is 1.80. The lowest BCUT2D eigenvalue weighted by Crippen LogP contribution is -2.02. The van der Waals surface area contributed by atoms with Crippen LogP contribution in [0, 0.1) is 6.92 Å². The van der Waals surface area contributed by atoms with Crippen molar-refractivity contribution in [2.24, 2.45) is 7.05 Å². The Bertz CT molecular complexity index is 1350. The van der Waals surface area contributed by atoms with Gasteiger partial charge in [-0.05, 0) is 54.8 Å². The molecule has 35 heavy (non-hydrogen) atoms. The zero-order valence-corrected chi connectivity index (χ0v) is 21.0. The zero-order valence-electron chi connectivity index (χ0n) is 21.0. The molecule has 0 aliphatic heterocycles. The van der Waals surface area contributed by atoms with Crippen LogP contribution in [0.15, 0.2) is 36.4 Å². The molecule has 0 bridgehead atoms. The summed E-state index contributed by atoms with van der Waals surface area (Å²) in [6.07, 6.45) is 5.63. The van der Waals surface area contributed by atoms with Crippen LogP contribution in [-0.2, 0) is 13.5 Å². The predicted octanol–water partition coefficient (Wildman–Crippen LogP) is 5.56. The first-order valence-corrected chi connectivity index (χ1v) is 11.5. The van der Waals surface area contributed by atoms with E-state index in [1.807, 2.05) is 48.1 Å². The van der Waals surface area contributed by atoms with E-state index in [1.165, 1.54) is 5.56 Å². The van der Waals surface area contributed by atoms with Gasteiger partial charge < -0.3 is 19.5 Å². The lowest BCUT2D eigenvalue weighted by molar-refractivity contribution is 0.324. The van der Waals surface area contributed by atoms with Crippen LogP contribution in [0.5, 0.6) is 17.2 Å².